The lowest BCUT2D eigenvalue weighted by atomic mass is 10.2. The van der Waals surface area contributed by atoms with E-state index >= 15 is 0 Å². The smallest absolute Gasteiger partial charge is 0.270 e. The summed E-state index contributed by atoms with van der Waals surface area (Å²) in [5, 5.41) is 10.7. The Morgan fingerprint density at radius 1 is 1.50 bits per heavy atom. The molecule has 0 amide bonds. The largest absolute Gasteiger partial charge is 0.487 e. The van der Waals surface area contributed by atoms with Crippen LogP contribution in [0.15, 0.2) is 30.7 Å². The highest BCUT2D eigenvalue weighted by atomic mass is 16.6. The van der Waals surface area contributed by atoms with Gasteiger partial charge in [-0.25, -0.2) is 4.98 Å². The zero-order valence-electron chi connectivity index (χ0n) is 11.2. The number of imidazole rings is 1. The molecule has 1 aromatic carbocycles. The number of rotatable bonds is 6. The third kappa shape index (κ3) is 2.94. The van der Waals surface area contributed by atoms with E-state index in [1.807, 2.05) is 11.5 Å². The summed E-state index contributed by atoms with van der Waals surface area (Å²) in [5.74, 6) is 0.557. The van der Waals surface area contributed by atoms with Crippen molar-refractivity contribution in [1.82, 2.24) is 9.55 Å². The zero-order valence-corrected chi connectivity index (χ0v) is 11.2. The molecule has 1 heterocycles. The van der Waals surface area contributed by atoms with Crippen molar-refractivity contribution < 1.29 is 9.66 Å². The Balaban J connectivity index is 2.15. The third-order valence-corrected chi connectivity index (χ3v) is 2.99. The number of nitrogens with zero attached hydrogens (tertiary/aromatic N) is 3. The van der Waals surface area contributed by atoms with Crippen LogP contribution >= 0.6 is 0 Å². The van der Waals surface area contributed by atoms with Crippen LogP contribution in [-0.4, -0.2) is 14.5 Å². The van der Waals surface area contributed by atoms with Crippen molar-refractivity contribution in [3.05, 3.63) is 52.1 Å². The summed E-state index contributed by atoms with van der Waals surface area (Å²) >= 11 is 0. The topological polar surface area (TPSA) is 96.2 Å². The number of nitro benzene ring substituents is 1. The van der Waals surface area contributed by atoms with E-state index < -0.39 is 4.92 Å². The predicted octanol–water partition coefficient (Wildman–Crippen LogP) is 1.85. The Bertz CT molecular complexity index is 609. The van der Waals surface area contributed by atoms with E-state index in [1.165, 1.54) is 12.1 Å². The SMILES string of the molecule is CCn1cncc1COc1ccc([N+](=O)[O-])cc1CN. The molecule has 1 aromatic heterocycles. The fourth-order valence-electron chi connectivity index (χ4n) is 1.88. The summed E-state index contributed by atoms with van der Waals surface area (Å²) in [5.41, 5.74) is 7.17. The van der Waals surface area contributed by atoms with E-state index in [0.29, 0.717) is 17.9 Å². The van der Waals surface area contributed by atoms with Gasteiger partial charge in [0.25, 0.3) is 5.69 Å². The molecule has 2 rings (SSSR count). The molecule has 2 aromatic rings. The van der Waals surface area contributed by atoms with Gasteiger partial charge in [-0.2, -0.15) is 0 Å². The number of aryl methyl sites for hydroxylation is 1. The van der Waals surface area contributed by atoms with Gasteiger partial charge in [-0.15, -0.1) is 0 Å². The molecule has 20 heavy (non-hydrogen) atoms. The molecule has 0 aliphatic heterocycles. The fourth-order valence-corrected chi connectivity index (χ4v) is 1.88. The standard InChI is InChI=1S/C13H16N4O3/c1-2-16-9-15-7-12(16)8-20-13-4-3-11(17(18)19)5-10(13)6-14/h3-5,7,9H,2,6,8,14H2,1H3. The van der Waals surface area contributed by atoms with Gasteiger partial charge in [-0.1, -0.05) is 0 Å². The van der Waals surface area contributed by atoms with Crippen LogP contribution in [0.4, 0.5) is 5.69 Å². The lowest BCUT2D eigenvalue weighted by Gasteiger charge is -2.11. The van der Waals surface area contributed by atoms with Crippen molar-refractivity contribution in [1.29, 1.82) is 0 Å². The van der Waals surface area contributed by atoms with E-state index in [4.69, 9.17) is 10.5 Å². The second-order valence-corrected chi connectivity index (χ2v) is 4.21. The first-order valence-corrected chi connectivity index (χ1v) is 6.25. The van der Waals surface area contributed by atoms with E-state index in [1.54, 1.807) is 18.6 Å². The van der Waals surface area contributed by atoms with Gasteiger partial charge in [-0.05, 0) is 13.0 Å². The van der Waals surface area contributed by atoms with E-state index in [2.05, 4.69) is 4.98 Å². The Morgan fingerprint density at radius 2 is 2.30 bits per heavy atom. The summed E-state index contributed by atoms with van der Waals surface area (Å²) in [6, 6.07) is 4.42. The maximum atomic E-state index is 10.7. The minimum absolute atomic E-state index is 0.0106. The fraction of sp³-hybridized carbons (Fsp3) is 0.308. The minimum atomic E-state index is -0.449. The number of ether oxygens (including phenoxy) is 1. The predicted molar refractivity (Wildman–Crippen MR) is 73.2 cm³/mol. The first kappa shape index (κ1) is 14.0. The molecule has 0 aliphatic rings. The molecule has 7 heteroatoms. The van der Waals surface area contributed by atoms with Crippen LogP contribution in [0.1, 0.15) is 18.2 Å². The van der Waals surface area contributed by atoms with Crippen LogP contribution in [0.3, 0.4) is 0 Å². The first-order chi connectivity index (χ1) is 9.65. The van der Waals surface area contributed by atoms with Crippen LogP contribution in [0, 0.1) is 10.1 Å². The summed E-state index contributed by atoms with van der Waals surface area (Å²) in [6.45, 7) is 3.35. The molecule has 0 bridgehead atoms. The van der Waals surface area contributed by atoms with Gasteiger partial charge in [0.15, 0.2) is 0 Å². The van der Waals surface area contributed by atoms with Crippen LogP contribution in [0.5, 0.6) is 5.75 Å². The number of hydrogen-bond acceptors (Lipinski definition) is 5. The van der Waals surface area contributed by atoms with Gasteiger partial charge in [0, 0.05) is 30.8 Å². The second kappa shape index (κ2) is 6.16. The van der Waals surface area contributed by atoms with Crippen LogP contribution in [0.25, 0.3) is 0 Å². The molecule has 0 aliphatic carbocycles. The molecule has 0 fully saturated rings. The maximum absolute atomic E-state index is 10.7. The maximum Gasteiger partial charge on any atom is 0.270 e. The van der Waals surface area contributed by atoms with Crippen LogP contribution in [0.2, 0.25) is 0 Å². The van der Waals surface area contributed by atoms with Crippen molar-refractivity contribution in [2.24, 2.45) is 5.73 Å². The molecular formula is C13H16N4O3. The molecule has 0 atom stereocenters. The third-order valence-electron chi connectivity index (χ3n) is 2.99. The molecule has 106 valence electrons. The van der Waals surface area contributed by atoms with E-state index in [9.17, 15) is 10.1 Å². The molecule has 7 nitrogen and oxygen atoms in total. The number of hydrogen-bond donors (Lipinski definition) is 1. The van der Waals surface area contributed by atoms with Gasteiger partial charge in [-0.3, -0.25) is 10.1 Å². The number of benzene rings is 1. The average molecular weight is 276 g/mol. The van der Waals surface area contributed by atoms with E-state index in [0.717, 1.165) is 12.2 Å². The second-order valence-electron chi connectivity index (χ2n) is 4.21. The lowest BCUT2D eigenvalue weighted by Crippen LogP contribution is -2.07. The molecule has 0 saturated heterocycles. The number of non-ortho nitro benzene ring substituents is 1. The number of nitrogens with two attached hydrogens (primary N) is 1. The number of nitro groups is 1. The van der Waals surface area contributed by atoms with Crippen molar-refractivity contribution >= 4 is 5.69 Å². The quantitative estimate of drug-likeness (QED) is 0.641. The van der Waals surface area contributed by atoms with Gasteiger partial charge in [0.2, 0.25) is 0 Å². The number of aromatic nitrogens is 2. The van der Waals surface area contributed by atoms with Crippen molar-refractivity contribution in [3.63, 3.8) is 0 Å². The molecular weight excluding hydrogens is 260 g/mol. The van der Waals surface area contributed by atoms with Crippen molar-refractivity contribution in [3.8, 4) is 5.75 Å². The Kier molecular flexibility index (Phi) is 4.31. The molecule has 0 radical (unpaired) electrons. The molecule has 0 spiro atoms. The highest BCUT2D eigenvalue weighted by molar-refractivity contribution is 5.43. The van der Waals surface area contributed by atoms with Crippen molar-refractivity contribution in [2.75, 3.05) is 0 Å². The molecule has 2 N–H and O–H groups in total. The highest BCUT2D eigenvalue weighted by Gasteiger charge is 2.11. The van der Waals surface area contributed by atoms with Gasteiger partial charge in [0.1, 0.15) is 12.4 Å². The normalized spacial score (nSPS) is 10.5. The Hall–Kier alpha value is -2.41. The van der Waals surface area contributed by atoms with Crippen LogP contribution in [-0.2, 0) is 19.7 Å². The lowest BCUT2D eigenvalue weighted by molar-refractivity contribution is -0.384. The van der Waals surface area contributed by atoms with E-state index in [-0.39, 0.29) is 12.2 Å². The zero-order chi connectivity index (χ0) is 14.5. The summed E-state index contributed by atoms with van der Waals surface area (Å²) in [6.07, 6.45) is 3.47. The molecule has 0 unspecified atom stereocenters. The average Bonchev–Trinajstić information content (AvgIpc) is 2.92. The highest BCUT2D eigenvalue weighted by Crippen LogP contribution is 2.24. The van der Waals surface area contributed by atoms with Gasteiger partial charge >= 0.3 is 0 Å². The first-order valence-electron chi connectivity index (χ1n) is 6.25. The van der Waals surface area contributed by atoms with Crippen molar-refractivity contribution in [2.45, 2.75) is 26.6 Å². The summed E-state index contributed by atoms with van der Waals surface area (Å²) in [4.78, 5) is 14.3. The van der Waals surface area contributed by atoms with Crippen LogP contribution < -0.4 is 10.5 Å². The Labute approximate surface area is 116 Å². The Morgan fingerprint density at radius 3 is 2.95 bits per heavy atom. The molecule has 0 saturated carbocycles. The monoisotopic (exact) mass is 276 g/mol. The summed E-state index contributed by atoms with van der Waals surface area (Å²) < 4.78 is 7.65. The van der Waals surface area contributed by atoms with Gasteiger partial charge in [0.05, 0.1) is 23.1 Å². The summed E-state index contributed by atoms with van der Waals surface area (Å²) in [7, 11) is 0. The van der Waals surface area contributed by atoms with Gasteiger partial charge < -0.3 is 15.0 Å². The minimum Gasteiger partial charge on any atom is -0.487 e.